The molecule has 0 spiro atoms. The maximum Gasteiger partial charge on any atom is 0.231 e. The lowest BCUT2D eigenvalue weighted by Gasteiger charge is -2.07. The molecule has 1 unspecified atom stereocenters. The van der Waals surface area contributed by atoms with E-state index in [0.29, 0.717) is 5.92 Å². The van der Waals surface area contributed by atoms with Gasteiger partial charge in [-0.25, -0.2) is 4.98 Å². The van der Waals surface area contributed by atoms with Crippen LogP contribution in [0.3, 0.4) is 0 Å². The summed E-state index contributed by atoms with van der Waals surface area (Å²) in [4.78, 5) is 7.51. The topological polar surface area (TPSA) is 25.8 Å². The van der Waals surface area contributed by atoms with Gasteiger partial charge in [-0.15, -0.1) is 0 Å². The fraction of sp³-hybridized carbons (Fsp3) is 0.556. The van der Waals surface area contributed by atoms with Gasteiger partial charge in [0.15, 0.2) is 0 Å². The third kappa shape index (κ3) is 2.26. The Bertz CT molecular complexity index is 233. The van der Waals surface area contributed by atoms with Crippen molar-refractivity contribution in [3.8, 4) is 0 Å². The number of halogens is 1. The molecule has 0 aliphatic carbocycles. The third-order valence-corrected chi connectivity index (χ3v) is 1.87. The first-order valence-corrected chi connectivity index (χ1v) is 4.21. The minimum atomic E-state index is -0.512. The molecule has 0 fully saturated rings. The van der Waals surface area contributed by atoms with E-state index >= 15 is 0 Å². The quantitative estimate of drug-likeness (QED) is 0.693. The number of rotatable bonds is 3. The van der Waals surface area contributed by atoms with Crippen LogP contribution in [0.15, 0.2) is 12.4 Å². The Balaban J connectivity index is 2.68. The van der Waals surface area contributed by atoms with E-state index in [0.717, 1.165) is 18.5 Å². The molecule has 12 heavy (non-hydrogen) atoms. The van der Waals surface area contributed by atoms with Crippen LogP contribution in [-0.4, -0.2) is 9.97 Å². The first kappa shape index (κ1) is 9.10. The fourth-order valence-electron chi connectivity index (χ4n) is 1.16. The Morgan fingerprint density at radius 3 is 2.67 bits per heavy atom. The van der Waals surface area contributed by atoms with Crippen molar-refractivity contribution in [2.45, 2.75) is 32.6 Å². The van der Waals surface area contributed by atoms with E-state index in [-0.39, 0.29) is 0 Å². The van der Waals surface area contributed by atoms with Crippen molar-refractivity contribution in [2.75, 3.05) is 0 Å². The molecule has 0 bridgehead atoms. The predicted molar refractivity (Wildman–Crippen MR) is 45.3 cm³/mol. The zero-order valence-corrected chi connectivity index (χ0v) is 7.42. The maximum absolute atomic E-state index is 12.4. The Hall–Kier alpha value is -0.990. The van der Waals surface area contributed by atoms with Crippen LogP contribution in [0, 0.1) is 5.95 Å². The van der Waals surface area contributed by atoms with E-state index in [9.17, 15) is 4.39 Å². The van der Waals surface area contributed by atoms with Crippen molar-refractivity contribution in [3.05, 3.63) is 24.0 Å². The van der Waals surface area contributed by atoms with Crippen LogP contribution in [-0.2, 0) is 0 Å². The lowest BCUT2D eigenvalue weighted by Crippen LogP contribution is -1.98. The SMILES string of the molecule is CCCC(C)c1cnc(F)cn1. The zero-order valence-electron chi connectivity index (χ0n) is 7.42. The van der Waals surface area contributed by atoms with Gasteiger partial charge in [0.1, 0.15) is 0 Å². The average Bonchev–Trinajstić information content (AvgIpc) is 2.06. The summed E-state index contributed by atoms with van der Waals surface area (Å²) in [6.45, 7) is 4.19. The molecular weight excluding hydrogens is 155 g/mol. The van der Waals surface area contributed by atoms with Gasteiger partial charge in [0.05, 0.1) is 18.1 Å². The highest BCUT2D eigenvalue weighted by Crippen LogP contribution is 2.16. The lowest BCUT2D eigenvalue weighted by molar-refractivity contribution is 0.564. The molecule has 3 heteroatoms. The van der Waals surface area contributed by atoms with E-state index in [1.54, 1.807) is 0 Å². The monoisotopic (exact) mass is 168 g/mol. The largest absolute Gasteiger partial charge is 0.255 e. The normalized spacial score (nSPS) is 12.9. The molecule has 0 saturated heterocycles. The van der Waals surface area contributed by atoms with E-state index in [4.69, 9.17) is 0 Å². The van der Waals surface area contributed by atoms with Crippen molar-refractivity contribution in [1.82, 2.24) is 9.97 Å². The molecule has 66 valence electrons. The molecule has 1 atom stereocenters. The average molecular weight is 168 g/mol. The molecule has 0 N–H and O–H groups in total. The van der Waals surface area contributed by atoms with Crippen LogP contribution >= 0.6 is 0 Å². The maximum atomic E-state index is 12.4. The summed E-state index contributed by atoms with van der Waals surface area (Å²) < 4.78 is 12.4. The molecule has 1 rings (SSSR count). The summed E-state index contributed by atoms with van der Waals surface area (Å²) in [5.41, 5.74) is 0.873. The molecular formula is C9H13FN2. The van der Waals surface area contributed by atoms with Crippen molar-refractivity contribution in [2.24, 2.45) is 0 Å². The molecule has 0 aliphatic rings. The molecule has 1 aromatic rings. The van der Waals surface area contributed by atoms with Crippen LogP contribution in [0.5, 0.6) is 0 Å². The number of aromatic nitrogens is 2. The molecule has 0 saturated carbocycles. The highest BCUT2D eigenvalue weighted by molar-refractivity contribution is 5.01. The van der Waals surface area contributed by atoms with Crippen LogP contribution in [0.2, 0.25) is 0 Å². The molecule has 1 aromatic heterocycles. The third-order valence-electron chi connectivity index (χ3n) is 1.87. The summed E-state index contributed by atoms with van der Waals surface area (Å²) in [6, 6.07) is 0. The number of nitrogens with zero attached hydrogens (tertiary/aromatic N) is 2. The Morgan fingerprint density at radius 2 is 2.17 bits per heavy atom. The second kappa shape index (κ2) is 4.14. The summed E-state index contributed by atoms with van der Waals surface area (Å²) in [5.74, 6) is -0.134. The Labute approximate surface area is 71.9 Å². The highest BCUT2D eigenvalue weighted by atomic mass is 19.1. The van der Waals surface area contributed by atoms with Crippen molar-refractivity contribution in [1.29, 1.82) is 0 Å². The lowest BCUT2D eigenvalue weighted by atomic mass is 10.0. The Kier molecular flexibility index (Phi) is 3.14. The summed E-state index contributed by atoms with van der Waals surface area (Å²) in [6.07, 6.45) is 4.86. The predicted octanol–water partition coefficient (Wildman–Crippen LogP) is 2.52. The van der Waals surface area contributed by atoms with Gasteiger partial charge in [-0.3, -0.25) is 4.98 Å². The minimum Gasteiger partial charge on any atom is -0.255 e. The second-order valence-corrected chi connectivity index (χ2v) is 2.95. The van der Waals surface area contributed by atoms with Gasteiger partial charge < -0.3 is 0 Å². The molecule has 0 radical (unpaired) electrons. The zero-order chi connectivity index (χ0) is 8.97. The second-order valence-electron chi connectivity index (χ2n) is 2.95. The molecule has 0 aliphatic heterocycles. The highest BCUT2D eigenvalue weighted by Gasteiger charge is 2.05. The van der Waals surface area contributed by atoms with Gasteiger partial charge in [0, 0.05) is 0 Å². The van der Waals surface area contributed by atoms with Crippen molar-refractivity contribution in [3.63, 3.8) is 0 Å². The van der Waals surface area contributed by atoms with Crippen LogP contribution < -0.4 is 0 Å². The first-order valence-electron chi connectivity index (χ1n) is 4.21. The smallest absolute Gasteiger partial charge is 0.231 e. The first-order chi connectivity index (χ1) is 5.74. The van der Waals surface area contributed by atoms with Crippen molar-refractivity contribution < 1.29 is 4.39 Å². The summed E-state index contributed by atoms with van der Waals surface area (Å²) >= 11 is 0. The van der Waals surface area contributed by atoms with Gasteiger partial charge in [-0.1, -0.05) is 20.3 Å². The molecule has 0 aromatic carbocycles. The number of hydrogen-bond donors (Lipinski definition) is 0. The fourth-order valence-corrected chi connectivity index (χ4v) is 1.16. The van der Waals surface area contributed by atoms with E-state index < -0.39 is 5.95 Å². The van der Waals surface area contributed by atoms with Gasteiger partial charge in [0.25, 0.3) is 0 Å². The standard InChI is InChI=1S/C9H13FN2/c1-3-4-7(2)8-5-12-9(10)6-11-8/h5-7H,3-4H2,1-2H3. The molecule has 0 amide bonds. The van der Waals surface area contributed by atoms with E-state index in [2.05, 4.69) is 23.8 Å². The van der Waals surface area contributed by atoms with Gasteiger partial charge in [-0.2, -0.15) is 4.39 Å². The van der Waals surface area contributed by atoms with Crippen LogP contribution in [0.4, 0.5) is 4.39 Å². The van der Waals surface area contributed by atoms with Gasteiger partial charge >= 0.3 is 0 Å². The van der Waals surface area contributed by atoms with Crippen LogP contribution in [0.25, 0.3) is 0 Å². The van der Waals surface area contributed by atoms with Crippen LogP contribution in [0.1, 0.15) is 38.3 Å². The van der Waals surface area contributed by atoms with E-state index in [1.165, 1.54) is 12.4 Å². The summed E-state index contributed by atoms with van der Waals surface area (Å²) in [7, 11) is 0. The summed E-state index contributed by atoms with van der Waals surface area (Å²) in [5, 5.41) is 0. The van der Waals surface area contributed by atoms with E-state index in [1.807, 2.05) is 0 Å². The minimum absolute atomic E-state index is 0.378. The van der Waals surface area contributed by atoms with Crippen molar-refractivity contribution >= 4 is 0 Å². The molecule has 1 heterocycles. The molecule has 2 nitrogen and oxygen atoms in total. The van der Waals surface area contributed by atoms with Gasteiger partial charge in [0.2, 0.25) is 5.95 Å². The Morgan fingerprint density at radius 1 is 1.42 bits per heavy atom. The number of hydrogen-bond acceptors (Lipinski definition) is 2. The van der Waals surface area contributed by atoms with Gasteiger partial charge in [-0.05, 0) is 12.3 Å².